The molecule has 1 atom stereocenters. The number of hydrogen-bond acceptors (Lipinski definition) is 2. The zero-order chi connectivity index (χ0) is 11.3. The molecule has 1 aromatic carbocycles. The fraction of sp³-hybridized carbons (Fsp3) is 0.500. The second kappa shape index (κ2) is 6.45. The summed E-state index contributed by atoms with van der Waals surface area (Å²) in [5.41, 5.74) is 4.30. The molecule has 1 N–H and O–H groups in total. The Balaban J connectivity index is 2.40. The predicted molar refractivity (Wildman–Crippen MR) is 71.5 cm³/mol. The molecule has 1 rings (SSSR count). The molecule has 0 saturated heterocycles. The van der Waals surface area contributed by atoms with Crippen LogP contribution in [-0.4, -0.2) is 6.61 Å². The molecule has 0 spiro atoms. The van der Waals surface area contributed by atoms with E-state index < -0.39 is 0 Å². The SMILES string of the molecule is CC(C)CONC(C)c1ccc(I)cc1. The van der Waals surface area contributed by atoms with Crippen molar-refractivity contribution in [1.29, 1.82) is 0 Å². The first kappa shape index (κ1) is 12.9. The van der Waals surface area contributed by atoms with Crippen molar-refractivity contribution in [3.05, 3.63) is 33.4 Å². The van der Waals surface area contributed by atoms with Gasteiger partial charge in [0.25, 0.3) is 0 Å². The summed E-state index contributed by atoms with van der Waals surface area (Å²) in [4.78, 5) is 5.39. The molecule has 15 heavy (non-hydrogen) atoms. The second-order valence-electron chi connectivity index (χ2n) is 4.10. The minimum absolute atomic E-state index is 0.237. The fourth-order valence-electron chi connectivity index (χ4n) is 1.16. The smallest absolute Gasteiger partial charge is 0.0705 e. The minimum Gasteiger partial charge on any atom is -0.301 e. The van der Waals surface area contributed by atoms with Crippen LogP contribution in [0.2, 0.25) is 0 Å². The summed E-state index contributed by atoms with van der Waals surface area (Å²) in [7, 11) is 0. The molecule has 3 heteroatoms. The van der Waals surface area contributed by atoms with Crippen LogP contribution in [0.1, 0.15) is 32.4 Å². The maximum Gasteiger partial charge on any atom is 0.0705 e. The second-order valence-corrected chi connectivity index (χ2v) is 5.34. The van der Waals surface area contributed by atoms with E-state index >= 15 is 0 Å². The van der Waals surface area contributed by atoms with Gasteiger partial charge < -0.3 is 4.84 Å². The highest BCUT2D eigenvalue weighted by Crippen LogP contribution is 2.14. The van der Waals surface area contributed by atoms with Crippen LogP contribution in [0.25, 0.3) is 0 Å². The van der Waals surface area contributed by atoms with E-state index in [0.29, 0.717) is 5.92 Å². The van der Waals surface area contributed by atoms with Crippen LogP contribution in [0.4, 0.5) is 0 Å². The van der Waals surface area contributed by atoms with Crippen LogP contribution in [0.15, 0.2) is 24.3 Å². The van der Waals surface area contributed by atoms with Crippen molar-refractivity contribution in [3.8, 4) is 0 Å². The summed E-state index contributed by atoms with van der Waals surface area (Å²) in [5.74, 6) is 0.557. The Kier molecular flexibility index (Phi) is 5.56. The maximum absolute atomic E-state index is 5.39. The molecular formula is C12H18INO. The highest BCUT2D eigenvalue weighted by molar-refractivity contribution is 14.1. The topological polar surface area (TPSA) is 21.3 Å². The first-order valence-electron chi connectivity index (χ1n) is 5.22. The maximum atomic E-state index is 5.39. The van der Waals surface area contributed by atoms with Crippen molar-refractivity contribution in [2.45, 2.75) is 26.8 Å². The number of hydroxylamine groups is 1. The molecule has 0 aliphatic heterocycles. The Morgan fingerprint density at radius 3 is 2.33 bits per heavy atom. The molecule has 0 aliphatic rings. The van der Waals surface area contributed by atoms with E-state index in [4.69, 9.17) is 4.84 Å². The molecule has 1 unspecified atom stereocenters. The van der Waals surface area contributed by atoms with Crippen molar-refractivity contribution in [2.24, 2.45) is 5.92 Å². The Morgan fingerprint density at radius 1 is 1.20 bits per heavy atom. The van der Waals surface area contributed by atoms with Gasteiger partial charge in [0.1, 0.15) is 0 Å². The average molecular weight is 319 g/mol. The van der Waals surface area contributed by atoms with E-state index in [-0.39, 0.29) is 6.04 Å². The largest absolute Gasteiger partial charge is 0.301 e. The lowest BCUT2D eigenvalue weighted by Crippen LogP contribution is -2.21. The van der Waals surface area contributed by atoms with E-state index in [1.807, 2.05) is 0 Å². The van der Waals surface area contributed by atoms with E-state index in [2.05, 4.69) is 73.1 Å². The van der Waals surface area contributed by atoms with Crippen LogP contribution in [0, 0.1) is 9.49 Å². The number of nitrogens with one attached hydrogen (secondary N) is 1. The third-order valence-corrected chi connectivity index (χ3v) is 2.77. The van der Waals surface area contributed by atoms with Gasteiger partial charge in [-0.1, -0.05) is 26.0 Å². The molecular weight excluding hydrogens is 301 g/mol. The molecule has 0 aliphatic carbocycles. The molecule has 0 aromatic heterocycles. The summed E-state index contributed by atoms with van der Waals surface area (Å²) in [6.07, 6.45) is 0. The lowest BCUT2D eigenvalue weighted by Gasteiger charge is -2.15. The molecule has 0 saturated carbocycles. The van der Waals surface area contributed by atoms with Crippen molar-refractivity contribution in [1.82, 2.24) is 5.48 Å². The van der Waals surface area contributed by atoms with Crippen LogP contribution in [-0.2, 0) is 4.84 Å². The van der Waals surface area contributed by atoms with Crippen LogP contribution in [0.5, 0.6) is 0 Å². The van der Waals surface area contributed by atoms with Crippen LogP contribution >= 0.6 is 22.6 Å². The summed E-state index contributed by atoms with van der Waals surface area (Å²) >= 11 is 2.31. The van der Waals surface area contributed by atoms with Gasteiger partial charge in [-0.15, -0.1) is 0 Å². The fourth-order valence-corrected chi connectivity index (χ4v) is 1.52. The minimum atomic E-state index is 0.237. The zero-order valence-corrected chi connectivity index (χ0v) is 11.6. The predicted octanol–water partition coefficient (Wildman–Crippen LogP) is 3.53. The van der Waals surface area contributed by atoms with Gasteiger partial charge in [0.15, 0.2) is 0 Å². The van der Waals surface area contributed by atoms with E-state index in [0.717, 1.165) is 6.61 Å². The first-order chi connectivity index (χ1) is 7.09. The number of hydrogen-bond donors (Lipinski definition) is 1. The Bertz CT molecular complexity index is 284. The van der Waals surface area contributed by atoms with Crippen LogP contribution in [0.3, 0.4) is 0 Å². The number of halogens is 1. The van der Waals surface area contributed by atoms with Gasteiger partial charge >= 0.3 is 0 Å². The molecule has 0 amide bonds. The molecule has 1 aromatic rings. The standard InChI is InChI=1S/C12H18INO/c1-9(2)8-15-14-10(3)11-4-6-12(13)7-5-11/h4-7,9-10,14H,8H2,1-3H3. The van der Waals surface area contributed by atoms with Gasteiger partial charge in [-0.3, -0.25) is 0 Å². The lowest BCUT2D eigenvalue weighted by atomic mass is 10.1. The molecule has 0 radical (unpaired) electrons. The average Bonchev–Trinajstić information content (AvgIpc) is 2.18. The summed E-state index contributed by atoms with van der Waals surface area (Å²) in [6.45, 7) is 7.12. The molecule has 2 nitrogen and oxygen atoms in total. The van der Waals surface area contributed by atoms with E-state index in [1.54, 1.807) is 0 Å². The first-order valence-corrected chi connectivity index (χ1v) is 6.30. The highest BCUT2D eigenvalue weighted by Gasteiger charge is 2.04. The van der Waals surface area contributed by atoms with Gasteiger partial charge in [0, 0.05) is 3.57 Å². The van der Waals surface area contributed by atoms with E-state index in [1.165, 1.54) is 9.13 Å². The van der Waals surface area contributed by atoms with Crippen molar-refractivity contribution >= 4 is 22.6 Å². The summed E-state index contributed by atoms with van der Waals surface area (Å²) in [6, 6.07) is 8.70. The zero-order valence-electron chi connectivity index (χ0n) is 9.46. The van der Waals surface area contributed by atoms with Crippen molar-refractivity contribution < 1.29 is 4.84 Å². The quantitative estimate of drug-likeness (QED) is 0.662. The Morgan fingerprint density at radius 2 is 1.80 bits per heavy atom. The summed E-state index contributed by atoms with van der Waals surface area (Å²) < 4.78 is 1.26. The Hall–Kier alpha value is -0.130. The molecule has 0 heterocycles. The van der Waals surface area contributed by atoms with Crippen LogP contribution < -0.4 is 5.48 Å². The lowest BCUT2D eigenvalue weighted by molar-refractivity contribution is 0.00409. The highest BCUT2D eigenvalue weighted by atomic mass is 127. The van der Waals surface area contributed by atoms with Gasteiger partial charge in [-0.25, -0.2) is 0 Å². The molecule has 0 bridgehead atoms. The third kappa shape index (κ3) is 4.95. The van der Waals surface area contributed by atoms with Gasteiger partial charge in [-0.05, 0) is 53.1 Å². The van der Waals surface area contributed by atoms with E-state index in [9.17, 15) is 0 Å². The normalized spacial score (nSPS) is 13.1. The Labute approximate surface area is 106 Å². The van der Waals surface area contributed by atoms with Gasteiger partial charge in [-0.2, -0.15) is 5.48 Å². The third-order valence-electron chi connectivity index (χ3n) is 2.05. The monoisotopic (exact) mass is 319 g/mol. The number of rotatable bonds is 5. The molecule has 84 valence electrons. The molecule has 0 fully saturated rings. The number of benzene rings is 1. The van der Waals surface area contributed by atoms with Gasteiger partial charge in [0.2, 0.25) is 0 Å². The van der Waals surface area contributed by atoms with Crippen molar-refractivity contribution in [2.75, 3.05) is 6.61 Å². The summed E-state index contributed by atoms with van der Waals surface area (Å²) in [5, 5.41) is 0. The van der Waals surface area contributed by atoms with Crippen molar-refractivity contribution in [3.63, 3.8) is 0 Å². The van der Waals surface area contributed by atoms with Gasteiger partial charge in [0.05, 0.1) is 12.6 Å².